The van der Waals surface area contributed by atoms with Gasteiger partial charge in [0.1, 0.15) is 19.1 Å². The lowest BCUT2D eigenvalue weighted by Gasteiger charge is -2.38. The van der Waals surface area contributed by atoms with Gasteiger partial charge in [0.05, 0.1) is 23.3 Å². The molecule has 1 fully saturated rings. The third-order valence-corrected chi connectivity index (χ3v) is 7.04. The molecule has 3 N–H and O–H groups in total. The molecule has 2 aromatic carbocycles. The lowest BCUT2D eigenvalue weighted by molar-refractivity contribution is -0.143. The van der Waals surface area contributed by atoms with Gasteiger partial charge in [0.25, 0.3) is 0 Å². The summed E-state index contributed by atoms with van der Waals surface area (Å²) in [5.41, 5.74) is 8.97. The van der Waals surface area contributed by atoms with Crippen LogP contribution in [0.15, 0.2) is 59.9 Å². The number of carbonyl (C=O) groups is 3. The van der Waals surface area contributed by atoms with Crippen molar-refractivity contribution in [2.75, 3.05) is 36.1 Å². The number of nitrogens with zero attached hydrogens (tertiary/aromatic N) is 8. The number of nitrogen functional groups attached to an aromatic ring is 1. The van der Waals surface area contributed by atoms with Gasteiger partial charge in [0.15, 0.2) is 5.15 Å². The van der Waals surface area contributed by atoms with Crippen LogP contribution >= 0.6 is 23.2 Å². The quantitative estimate of drug-likeness (QED) is 0.229. The summed E-state index contributed by atoms with van der Waals surface area (Å²) in [6.07, 6.45) is 4.88. The highest BCUT2D eigenvalue weighted by Gasteiger charge is 2.39. The van der Waals surface area contributed by atoms with Crippen molar-refractivity contribution in [3.05, 3.63) is 76.3 Å². The Bertz CT molecular complexity index is 1700. The Morgan fingerprint density at radius 3 is 2.62 bits per heavy atom. The van der Waals surface area contributed by atoms with Crippen LogP contribution in [0.3, 0.4) is 0 Å². The highest BCUT2D eigenvalue weighted by atomic mass is 35.5. The Morgan fingerprint density at radius 2 is 1.93 bits per heavy atom. The zero-order valence-electron chi connectivity index (χ0n) is 22.6. The van der Waals surface area contributed by atoms with Gasteiger partial charge in [-0.05, 0) is 42.5 Å². The van der Waals surface area contributed by atoms with Gasteiger partial charge in [0, 0.05) is 54.9 Å². The lowest BCUT2D eigenvalue weighted by Crippen LogP contribution is -2.60. The van der Waals surface area contributed by atoms with Crippen LogP contribution in [0.25, 0.3) is 5.69 Å². The molecule has 216 valence electrons. The molecule has 1 aliphatic rings. The number of piperazine rings is 1. The van der Waals surface area contributed by atoms with Gasteiger partial charge in [-0.2, -0.15) is 5.10 Å². The normalized spacial score (nSPS) is 14.6. The molecule has 0 bridgehead atoms. The summed E-state index contributed by atoms with van der Waals surface area (Å²) < 4.78 is 2.99. The van der Waals surface area contributed by atoms with Gasteiger partial charge in [-0.15, -0.1) is 5.10 Å². The minimum absolute atomic E-state index is 0.0871. The summed E-state index contributed by atoms with van der Waals surface area (Å²) in [4.78, 5) is 47.5. The minimum atomic E-state index is -1.03. The van der Waals surface area contributed by atoms with E-state index in [-0.39, 0.29) is 24.7 Å². The Morgan fingerprint density at radius 1 is 1.12 bits per heavy atom. The van der Waals surface area contributed by atoms with Gasteiger partial charge in [-0.25, -0.2) is 4.68 Å². The molecule has 1 atom stereocenters. The number of benzene rings is 2. The molecule has 42 heavy (non-hydrogen) atoms. The average Bonchev–Trinajstić information content (AvgIpc) is 3.57. The largest absolute Gasteiger partial charge is 0.398 e. The van der Waals surface area contributed by atoms with Crippen LogP contribution in [-0.2, 0) is 27.9 Å². The molecule has 3 heterocycles. The lowest BCUT2D eigenvalue weighted by atomic mass is 10.1. The second kappa shape index (κ2) is 12.0. The number of amides is 3. The Balaban J connectivity index is 1.44. The molecule has 0 spiro atoms. The highest BCUT2D eigenvalue weighted by Crippen LogP contribution is 2.30. The SMILES string of the molecule is CN=Cc1cc(NC(=O)C(Cc2ccn(C)n2)N2CC(=O)N(c3cc(Cl)ccc3-n3cc(Cl)nn3)CC2=O)ccc1N. The summed E-state index contributed by atoms with van der Waals surface area (Å²) >= 11 is 12.2. The van der Waals surface area contributed by atoms with Crippen LogP contribution in [-0.4, -0.2) is 79.8 Å². The molecule has 5 rings (SSSR count). The van der Waals surface area contributed by atoms with E-state index in [9.17, 15) is 14.4 Å². The number of aliphatic imine (C=N–C) groups is 1. The first-order valence-electron chi connectivity index (χ1n) is 12.7. The number of nitrogens with one attached hydrogen (secondary N) is 1. The standard InChI is InChI=1S/C27H26Cl2N10O3/c1-31-12-16-9-18(4-5-20(16)30)32-27(42)23(11-19-7-8-36(2)34-19)38-15-25(40)37(14-26(38)41)22-10-17(28)3-6-21(22)39-13-24(29)33-35-39/h3-10,12-13,23H,11,14-15,30H2,1-2H3,(H,32,42). The molecule has 0 aliphatic carbocycles. The van der Waals surface area contributed by atoms with Crippen molar-refractivity contribution < 1.29 is 14.4 Å². The van der Waals surface area contributed by atoms with Crippen LogP contribution < -0.4 is 16.0 Å². The van der Waals surface area contributed by atoms with Crippen LogP contribution in [0.4, 0.5) is 17.1 Å². The van der Waals surface area contributed by atoms with Crippen LogP contribution in [0.5, 0.6) is 0 Å². The summed E-state index contributed by atoms with van der Waals surface area (Å²) in [6, 6.07) is 10.5. The number of aryl methyl sites for hydroxylation is 1. The predicted octanol–water partition coefficient (Wildman–Crippen LogP) is 2.36. The van der Waals surface area contributed by atoms with E-state index in [0.717, 1.165) is 0 Å². The molecule has 0 saturated carbocycles. The first-order chi connectivity index (χ1) is 20.1. The zero-order valence-corrected chi connectivity index (χ0v) is 24.1. The molecule has 15 heteroatoms. The minimum Gasteiger partial charge on any atom is -0.398 e. The number of nitrogens with two attached hydrogens (primary N) is 1. The molecule has 1 saturated heterocycles. The third-order valence-electron chi connectivity index (χ3n) is 6.63. The van der Waals surface area contributed by atoms with Crippen molar-refractivity contribution in [1.29, 1.82) is 0 Å². The van der Waals surface area contributed by atoms with Crippen molar-refractivity contribution in [2.45, 2.75) is 12.5 Å². The molecule has 1 aliphatic heterocycles. The maximum atomic E-state index is 13.7. The smallest absolute Gasteiger partial charge is 0.247 e. The van der Waals surface area contributed by atoms with Crippen molar-refractivity contribution >= 4 is 64.2 Å². The molecule has 3 amide bonds. The fraction of sp³-hybridized carbons (Fsp3) is 0.222. The number of hydrogen-bond acceptors (Lipinski definition) is 8. The second-order valence-corrected chi connectivity index (χ2v) is 10.4. The molecule has 4 aromatic rings. The predicted molar refractivity (Wildman–Crippen MR) is 159 cm³/mol. The number of carbonyl (C=O) groups excluding carboxylic acids is 3. The van der Waals surface area contributed by atoms with E-state index in [4.69, 9.17) is 28.9 Å². The number of aromatic nitrogens is 5. The average molecular weight is 609 g/mol. The maximum absolute atomic E-state index is 13.7. The number of hydrogen-bond donors (Lipinski definition) is 2. The number of rotatable bonds is 8. The van der Waals surface area contributed by atoms with Gasteiger partial charge < -0.3 is 16.0 Å². The molecule has 13 nitrogen and oxygen atoms in total. The molecule has 1 unspecified atom stereocenters. The fourth-order valence-corrected chi connectivity index (χ4v) is 4.94. The monoisotopic (exact) mass is 608 g/mol. The summed E-state index contributed by atoms with van der Waals surface area (Å²) in [7, 11) is 3.37. The van der Waals surface area contributed by atoms with E-state index in [1.807, 2.05) is 0 Å². The fourth-order valence-electron chi connectivity index (χ4n) is 4.65. The highest BCUT2D eigenvalue weighted by molar-refractivity contribution is 6.31. The Hall–Kier alpha value is -4.75. The summed E-state index contributed by atoms with van der Waals surface area (Å²) in [6.45, 7) is -0.692. The maximum Gasteiger partial charge on any atom is 0.247 e. The van der Waals surface area contributed by atoms with E-state index < -0.39 is 23.8 Å². The van der Waals surface area contributed by atoms with E-state index >= 15 is 0 Å². The topological polar surface area (TPSA) is 157 Å². The number of anilines is 3. The van der Waals surface area contributed by atoms with Crippen molar-refractivity contribution in [3.8, 4) is 5.69 Å². The first kappa shape index (κ1) is 28.8. The molecule has 0 radical (unpaired) electrons. The summed E-state index contributed by atoms with van der Waals surface area (Å²) in [5.74, 6) is -1.35. The van der Waals surface area contributed by atoms with E-state index in [1.54, 1.807) is 73.7 Å². The third kappa shape index (κ3) is 6.11. The van der Waals surface area contributed by atoms with Crippen molar-refractivity contribution in [3.63, 3.8) is 0 Å². The molecular weight excluding hydrogens is 583 g/mol. The van der Waals surface area contributed by atoms with Crippen LogP contribution in [0.1, 0.15) is 11.3 Å². The molecular formula is C27H26Cl2N10O3. The van der Waals surface area contributed by atoms with E-state index in [0.29, 0.717) is 39.0 Å². The van der Waals surface area contributed by atoms with E-state index in [2.05, 4.69) is 25.7 Å². The van der Waals surface area contributed by atoms with Gasteiger partial charge in [-0.3, -0.25) is 29.0 Å². The van der Waals surface area contributed by atoms with Gasteiger partial charge in [-0.1, -0.05) is 28.4 Å². The van der Waals surface area contributed by atoms with Gasteiger partial charge >= 0.3 is 0 Å². The van der Waals surface area contributed by atoms with Crippen molar-refractivity contribution in [1.82, 2.24) is 29.7 Å². The summed E-state index contributed by atoms with van der Waals surface area (Å²) in [5, 5.41) is 15.5. The van der Waals surface area contributed by atoms with Gasteiger partial charge in [0.2, 0.25) is 17.7 Å². The second-order valence-electron chi connectivity index (χ2n) is 9.54. The Labute approximate surface area is 250 Å². The molecule has 2 aromatic heterocycles. The first-order valence-corrected chi connectivity index (χ1v) is 13.5. The van der Waals surface area contributed by atoms with E-state index in [1.165, 1.54) is 20.7 Å². The zero-order chi connectivity index (χ0) is 30.0. The Kier molecular flexibility index (Phi) is 8.22. The van der Waals surface area contributed by atoms with Crippen LogP contribution in [0.2, 0.25) is 10.2 Å². The van der Waals surface area contributed by atoms with Crippen molar-refractivity contribution in [2.24, 2.45) is 12.0 Å². The number of halogens is 2. The van der Waals surface area contributed by atoms with Crippen LogP contribution in [0, 0.1) is 0 Å².